The van der Waals surface area contributed by atoms with Crippen molar-refractivity contribution in [3.8, 4) is 0 Å². The first-order chi connectivity index (χ1) is 10.7. The molecule has 0 unspecified atom stereocenters. The van der Waals surface area contributed by atoms with E-state index in [0.29, 0.717) is 11.6 Å². The number of fused-ring (bicyclic) bond motifs is 1. The van der Waals surface area contributed by atoms with E-state index >= 15 is 0 Å². The van der Waals surface area contributed by atoms with Gasteiger partial charge in [-0.25, -0.2) is 4.98 Å². The fourth-order valence-corrected chi connectivity index (χ4v) is 4.06. The van der Waals surface area contributed by atoms with Crippen LogP contribution in [0.25, 0.3) is 10.2 Å². The summed E-state index contributed by atoms with van der Waals surface area (Å²) in [6, 6.07) is 3.98. The first kappa shape index (κ1) is 13.6. The van der Waals surface area contributed by atoms with Crippen LogP contribution < -0.4 is 0 Å². The molecular weight excluding hydrogens is 296 g/mol. The smallest absolute Gasteiger partial charge is 0.270 e. The van der Waals surface area contributed by atoms with Gasteiger partial charge in [0.05, 0.1) is 10.2 Å². The molecule has 0 saturated carbocycles. The maximum Gasteiger partial charge on any atom is 0.270 e. The number of aromatic nitrogens is 3. The van der Waals surface area contributed by atoms with Gasteiger partial charge in [-0.15, -0.1) is 11.3 Å². The lowest BCUT2D eigenvalue weighted by atomic mass is 9.97. The van der Waals surface area contributed by atoms with Crippen molar-refractivity contribution >= 4 is 27.5 Å². The van der Waals surface area contributed by atoms with E-state index in [1.807, 2.05) is 41.9 Å². The van der Waals surface area contributed by atoms with Crippen LogP contribution in [0, 0.1) is 0 Å². The van der Waals surface area contributed by atoms with Gasteiger partial charge < -0.3 is 14.5 Å². The molecule has 4 heterocycles. The number of hydrogen-bond acceptors (Lipinski definition) is 3. The van der Waals surface area contributed by atoms with Crippen molar-refractivity contribution < 1.29 is 4.79 Å². The van der Waals surface area contributed by atoms with Crippen molar-refractivity contribution in [1.82, 2.24) is 19.4 Å². The number of imidazole rings is 1. The van der Waals surface area contributed by atoms with Gasteiger partial charge in [0.15, 0.2) is 0 Å². The predicted octanol–water partition coefficient (Wildman–Crippen LogP) is 2.98. The van der Waals surface area contributed by atoms with Crippen molar-refractivity contribution in [3.05, 3.63) is 41.4 Å². The molecule has 1 atom stereocenters. The highest BCUT2D eigenvalue weighted by Crippen LogP contribution is 2.27. The average Bonchev–Trinajstić information content (AvgIpc) is 3.21. The maximum atomic E-state index is 12.7. The zero-order valence-electron chi connectivity index (χ0n) is 12.5. The molecule has 0 aliphatic carbocycles. The van der Waals surface area contributed by atoms with Gasteiger partial charge in [0.25, 0.3) is 5.91 Å². The number of likely N-dealkylation sites (tertiary alicyclic amines) is 1. The lowest BCUT2D eigenvalue weighted by molar-refractivity contribution is 0.0698. The normalized spacial score (nSPS) is 19.0. The zero-order valence-corrected chi connectivity index (χ0v) is 13.3. The van der Waals surface area contributed by atoms with Crippen LogP contribution in [0.5, 0.6) is 0 Å². The van der Waals surface area contributed by atoms with Gasteiger partial charge in [0.2, 0.25) is 0 Å². The number of nitrogens with one attached hydrogen (secondary N) is 1. The lowest BCUT2D eigenvalue weighted by Gasteiger charge is -2.32. The number of aryl methyl sites for hydroxylation is 1. The average molecular weight is 314 g/mol. The Labute approximate surface area is 132 Å². The molecule has 22 heavy (non-hydrogen) atoms. The van der Waals surface area contributed by atoms with Crippen LogP contribution in [0.2, 0.25) is 0 Å². The van der Waals surface area contributed by atoms with Gasteiger partial charge in [0, 0.05) is 38.4 Å². The van der Waals surface area contributed by atoms with E-state index in [1.165, 1.54) is 0 Å². The van der Waals surface area contributed by atoms with E-state index in [4.69, 9.17) is 0 Å². The second-order valence-corrected chi connectivity index (χ2v) is 6.82. The van der Waals surface area contributed by atoms with E-state index in [9.17, 15) is 4.79 Å². The molecule has 1 aliphatic rings. The van der Waals surface area contributed by atoms with Crippen LogP contribution in [0.3, 0.4) is 0 Å². The third-order valence-electron chi connectivity index (χ3n) is 4.40. The number of nitrogens with zero attached hydrogens (tertiary/aromatic N) is 3. The summed E-state index contributed by atoms with van der Waals surface area (Å²) in [5, 5.41) is 2.04. The van der Waals surface area contributed by atoms with Crippen LogP contribution in [-0.2, 0) is 7.05 Å². The van der Waals surface area contributed by atoms with E-state index < -0.39 is 0 Å². The van der Waals surface area contributed by atoms with Crippen molar-refractivity contribution in [2.45, 2.75) is 18.8 Å². The molecule has 1 N–H and O–H groups in total. The largest absolute Gasteiger partial charge is 0.350 e. The Bertz CT molecular complexity index is 786. The predicted molar refractivity (Wildman–Crippen MR) is 87.3 cm³/mol. The number of H-pyrrole nitrogens is 1. The van der Waals surface area contributed by atoms with Gasteiger partial charge in [-0.05, 0) is 30.4 Å². The third kappa shape index (κ3) is 2.23. The van der Waals surface area contributed by atoms with Crippen molar-refractivity contribution in [2.75, 3.05) is 13.1 Å². The molecule has 1 fully saturated rings. The molecule has 6 heteroatoms. The Hall–Kier alpha value is -2.08. The molecule has 1 saturated heterocycles. The lowest BCUT2D eigenvalue weighted by Crippen LogP contribution is -2.39. The number of amides is 1. The summed E-state index contributed by atoms with van der Waals surface area (Å²) in [7, 11) is 2.02. The summed E-state index contributed by atoms with van der Waals surface area (Å²) in [5.41, 5.74) is 1.74. The molecule has 0 spiro atoms. The molecule has 0 aromatic carbocycles. The molecule has 5 nitrogen and oxygen atoms in total. The summed E-state index contributed by atoms with van der Waals surface area (Å²) in [5.74, 6) is 1.50. The van der Waals surface area contributed by atoms with E-state index in [-0.39, 0.29) is 5.91 Å². The van der Waals surface area contributed by atoms with Crippen LogP contribution in [0.4, 0.5) is 0 Å². The van der Waals surface area contributed by atoms with Crippen molar-refractivity contribution in [1.29, 1.82) is 0 Å². The van der Waals surface area contributed by atoms with Crippen LogP contribution in [0.1, 0.15) is 35.1 Å². The molecule has 4 rings (SSSR count). The highest BCUT2D eigenvalue weighted by Gasteiger charge is 2.28. The highest BCUT2D eigenvalue weighted by molar-refractivity contribution is 7.17. The fourth-order valence-electron chi connectivity index (χ4n) is 3.28. The Balaban J connectivity index is 1.55. The van der Waals surface area contributed by atoms with E-state index in [2.05, 4.69) is 14.5 Å². The topological polar surface area (TPSA) is 53.9 Å². The summed E-state index contributed by atoms with van der Waals surface area (Å²) in [4.78, 5) is 22.4. The number of hydrogen-bond donors (Lipinski definition) is 1. The zero-order chi connectivity index (χ0) is 15.1. The summed E-state index contributed by atoms with van der Waals surface area (Å²) >= 11 is 1.66. The first-order valence-electron chi connectivity index (χ1n) is 7.55. The molecule has 1 aliphatic heterocycles. The van der Waals surface area contributed by atoms with E-state index in [0.717, 1.165) is 42.0 Å². The molecule has 1 amide bonds. The van der Waals surface area contributed by atoms with Gasteiger partial charge in [-0.1, -0.05) is 0 Å². The molecule has 3 aromatic rings. The second kappa shape index (κ2) is 5.28. The van der Waals surface area contributed by atoms with E-state index in [1.54, 1.807) is 11.3 Å². The van der Waals surface area contributed by atoms with Crippen LogP contribution >= 0.6 is 11.3 Å². The second-order valence-electron chi connectivity index (χ2n) is 5.87. The monoisotopic (exact) mass is 314 g/mol. The first-order valence-corrected chi connectivity index (χ1v) is 8.43. The number of aromatic amines is 1. The third-order valence-corrected chi connectivity index (χ3v) is 5.27. The Morgan fingerprint density at radius 1 is 1.50 bits per heavy atom. The van der Waals surface area contributed by atoms with Crippen molar-refractivity contribution in [2.24, 2.45) is 7.05 Å². The van der Waals surface area contributed by atoms with Gasteiger partial charge in [0.1, 0.15) is 11.5 Å². The highest BCUT2D eigenvalue weighted by atomic mass is 32.1. The molecule has 3 aromatic heterocycles. The number of carbonyl (C=O) groups is 1. The van der Waals surface area contributed by atoms with Crippen LogP contribution in [0.15, 0.2) is 29.9 Å². The SMILES string of the molecule is Cn1ccnc1[C@@H]1CCCN(C(=O)c2cc3sccc3[nH]2)C1. The minimum Gasteiger partial charge on any atom is -0.350 e. The number of thiophene rings is 1. The summed E-state index contributed by atoms with van der Waals surface area (Å²) in [6.45, 7) is 1.57. The Morgan fingerprint density at radius 2 is 2.41 bits per heavy atom. The summed E-state index contributed by atoms with van der Waals surface area (Å²) < 4.78 is 3.20. The van der Waals surface area contributed by atoms with Gasteiger partial charge in [-0.3, -0.25) is 4.79 Å². The standard InChI is InChI=1S/C16H18N4OS/c1-19-7-5-17-15(19)11-3-2-6-20(10-11)16(21)13-9-14-12(18-13)4-8-22-14/h4-5,7-9,11,18H,2-3,6,10H2,1H3/t11-/m1/s1. The number of piperidine rings is 1. The van der Waals surface area contributed by atoms with Gasteiger partial charge in [-0.2, -0.15) is 0 Å². The molecule has 114 valence electrons. The van der Waals surface area contributed by atoms with Crippen LogP contribution in [-0.4, -0.2) is 38.4 Å². The Morgan fingerprint density at radius 3 is 3.18 bits per heavy atom. The van der Waals surface area contributed by atoms with Crippen molar-refractivity contribution in [3.63, 3.8) is 0 Å². The maximum absolute atomic E-state index is 12.7. The Kier molecular flexibility index (Phi) is 3.26. The minimum atomic E-state index is 0.0994. The van der Waals surface area contributed by atoms with Gasteiger partial charge >= 0.3 is 0 Å². The fraction of sp³-hybridized carbons (Fsp3) is 0.375. The minimum absolute atomic E-state index is 0.0994. The quantitative estimate of drug-likeness (QED) is 0.790. The summed E-state index contributed by atoms with van der Waals surface area (Å²) in [6.07, 6.45) is 5.91. The molecular formula is C16H18N4OS. The molecule has 0 bridgehead atoms. The number of rotatable bonds is 2. The molecule has 0 radical (unpaired) electrons. The number of carbonyl (C=O) groups excluding carboxylic acids is 1.